The zero-order valence-electron chi connectivity index (χ0n) is 13.1. The number of H-pyrrole nitrogens is 1. The number of nitrogens with one attached hydrogen (secondary N) is 3. The molecule has 3 aromatic rings. The lowest BCUT2D eigenvalue weighted by Gasteiger charge is -2.10. The standard InChI is InChI=1S/C17H17N3O4/c1-23-14-5-3-2-4-11(14)8-9-18-16(21)19-12-6-7-15-13(10-12)20-17(22)24-15/h2-7,10H,8-9H2,1H3,(H,20,22)(H2,18,19,21). The maximum absolute atomic E-state index is 11.9. The molecule has 1 heterocycles. The van der Waals surface area contributed by atoms with Crippen LogP contribution in [0.15, 0.2) is 51.7 Å². The van der Waals surface area contributed by atoms with E-state index in [9.17, 15) is 9.59 Å². The zero-order valence-corrected chi connectivity index (χ0v) is 13.1. The van der Waals surface area contributed by atoms with Crippen molar-refractivity contribution in [3.8, 4) is 5.75 Å². The summed E-state index contributed by atoms with van der Waals surface area (Å²) >= 11 is 0. The number of methoxy groups -OCH3 is 1. The molecular formula is C17H17N3O4. The van der Waals surface area contributed by atoms with Gasteiger partial charge in [0.1, 0.15) is 5.75 Å². The Morgan fingerprint density at radius 3 is 2.92 bits per heavy atom. The van der Waals surface area contributed by atoms with Crippen molar-refractivity contribution in [2.75, 3.05) is 19.0 Å². The van der Waals surface area contributed by atoms with Gasteiger partial charge in [0, 0.05) is 12.2 Å². The van der Waals surface area contributed by atoms with Crippen molar-refractivity contribution in [2.24, 2.45) is 0 Å². The number of anilines is 1. The topological polar surface area (TPSA) is 96.4 Å². The number of urea groups is 1. The van der Waals surface area contributed by atoms with Crippen LogP contribution < -0.4 is 21.1 Å². The van der Waals surface area contributed by atoms with Crippen LogP contribution in [0.1, 0.15) is 5.56 Å². The normalized spacial score (nSPS) is 10.5. The highest BCUT2D eigenvalue weighted by Gasteiger charge is 2.06. The number of oxazole rings is 1. The molecule has 0 atom stereocenters. The number of para-hydroxylation sites is 1. The third-order valence-electron chi connectivity index (χ3n) is 3.55. The summed E-state index contributed by atoms with van der Waals surface area (Å²) in [6.45, 7) is 0.469. The Morgan fingerprint density at radius 2 is 2.08 bits per heavy atom. The molecule has 0 aliphatic rings. The van der Waals surface area contributed by atoms with Crippen LogP contribution in [-0.2, 0) is 6.42 Å². The molecule has 3 rings (SSSR count). The van der Waals surface area contributed by atoms with Crippen molar-refractivity contribution in [1.29, 1.82) is 0 Å². The third-order valence-corrected chi connectivity index (χ3v) is 3.55. The lowest BCUT2D eigenvalue weighted by molar-refractivity contribution is 0.252. The van der Waals surface area contributed by atoms with Crippen LogP contribution in [-0.4, -0.2) is 24.7 Å². The minimum Gasteiger partial charge on any atom is -0.496 e. The molecule has 0 aliphatic carbocycles. The summed E-state index contributed by atoms with van der Waals surface area (Å²) < 4.78 is 10.2. The first-order valence-electron chi connectivity index (χ1n) is 7.45. The number of carbonyl (C=O) groups excluding carboxylic acids is 1. The average Bonchev–Trinajstić information content (AvgIpc) is 2.94. The fourth-order valence-electron chi connectivity index (χ4n) is 2.43. The molecule has 3 N–H and O–H groups in total. The lowest BCUT2D eigenvalue weighted by atomic mass is 10.1. The number of hydrogen-bond donors (Lipinski definition) is 3. The Hall–Kier alpha value is -3.22. The van der Waals surface area contributed by atoms with Crippen molar-refractivity contribution in [1.82, 2.24) is 10.3 Å². The molecular weight excluding hydrogens is 310 g/mol. The van der Waals surface area contributed by atoms with Crippen molar-refractivity contribution in [3.63, 3.8) is 0 Å². The molecule has 0 unspecified atom stereocenters. The highest BCUT2D eigenvalue weighted by molar-refractivity contribution is 5.91. The number of fused-ring (bicyclic) bond motifs is 1. The predicted octanol–water partition coefficient (Wildman–Crippen LogP) is 2.49. The van der Waals surface area contributed by atoms with Crippen LogP contribution in [0, 0.1) is 0 Å². The molecule has 0 fully saturated rings. The van der Waals surface area contributed by atoms with Crippen LogP contribution in [0.25, 0.3) is 11.1 Å². The summed E-state index contributed by atoms with van der Waals surface area (Å²) in [5.41, 5.74) is 2.57. The largest absolute Gasteiger partial charge is 0.496 e. The van der Waals surface area contributed by atoms with Gasteiger partial charge in [-0.15, -0.1) is 0 Å². The summed E-state index contributed by atoms with van der Waals surface area (Å²) in [5, 5.41) is 5.50. The second-order valence-corrected chi connectivity index (χ2v) is 5.17. The molecule has 0 radical (unpaired) electrons. The van der Waals surface area contributed by atoms with E-state index in [2.05, 4.69) is 15.6 Å². The van der Waals surface area contributed by atoms with Crippen molar-refractivity contribution >= 4 is 22.8 Å². The molecule has 0 spiro atoms. The number of rotatable bonds is 5. The van der Waals surface area contributed by atoms with Gasteiger partial charge >= 0.3 is 11.8 Å². The lowest BCUT2D eigenvalue weighted by Crippen LogP contribution is -2.30. The molecule has 7 nitrogen and oxygen atoms in total. The monoisotopic (exact) mass is 327 g/mol. The molecule has 24 heavy (non-hydrogen) atoms. The van der Waals surface area contributed by atoms with Crippen LogP contribution in [0.4, 0.5) is 10.5 Å². The molecule has 0 saturated carbocycles. The van der Waals surface area contributed by atoms with Crippen LogP contribution >= 0.6 is 0 Å². The van der Waals surface area contributed by atoms with Crippen LogP contribution in [0.2, 0.25) is 0 Å². The van der Waals surface area contributed by atoms with E-state index in [0.29, 0.717) is 29.8 Å². The SMILES string of the molecule is COc1ccccc1CCNC(=O)Nc1ccc2oc(=O)[nH]c2c1. The van der Waals surface area contributed by atoms with Gasteiger partial charge in [-0.1, -0.05) is 18.2 Å². The molecule has 2 aromatic carbocycles. The first-order chi connectivity index (χ1) is 11.7. The zero-order chi connectivity index (χ0) is 16.9. The first-order valence-corrected chi connectivity index (χ1v) is 7.45. The number of benzene rings is 2. The van der Waals surface area contributed by atoms with Crippen LogP contribution in [0.3, 0.4) is 0 Å². The molecule has 0 saturated heterocycles. The number of ether oxygens (including phenoxy) is 1. The summed E-state index contributed by atoms with van der Waals surface area (Å²) in [7, 11) is 1.62. The Balaban J connectivity index is 1.55. The van der Waals surface area contributed by atoms with E-state index in [0.717, 1.165) is 11.3 Å². The molecule has 7 heteroatoms. The molecule has 1 aromatic heterocycles. The van der Waals surface area contributed by atoms with E-state index >= 15 is 0 Å². The number of aromatic amines is 1. The predicted molar refractivity (Wildman–Crippen MR) is 90.6 cm³/mol. The minimum atomic E-state index is -0.525. The van der Waals surface area contributed by atoms with E-state index in [-0.39, 0.29) is 6.03 Å². The summed E-state index contributed by atoms with van der Waals surface area (Å²) in [5.74, 6) is 0.275. The van der Waals surface area contributed by atoms with Crippen molar-refractivity contribution < 1.29 is 13.9 Å². The fraction of sp³-hybridized carbons (Fsp3) is 0.176. The summed E-state index contributed by atoms with van der Waals surface area (Å²) in [6, 6.07) is 12.3. The molecule has 0 bridgehead atoms. The summed E-state index contributed by atoms with van der Waals surface area (Å²) in [4.78, 5) is 25.6. The van der Waals surface area contributed by atoms with Gasteiger partial charge in [-0.05, 0) is 36.2 Å². The summed E-state index contributed by atoms with van der Waals surface area (Å²) in [6.07, 6.45) is 0.658. The highest BCUT2D eigenvalue weighted by atomic mass is 16.5. The van der Waals surface area contributed by atoms with Gasteiger partial charge in [-0.2, -0.15) is 0 Å². The Labute approximate surface area is 137 Å². The van der Waals surface area contributed by atoms with Gasteiger partial charge in [-0.3, -0.25) is 4.98 Å². The second kappa shape index (κ2) is 6.91. The highest BCUT2D eigenvalue weighted by Crippen LogP contribution is 2.18. The number of amides is 2. The van der Waals surface area contributed by atoms with Gasteiger partial charge in [0.05, 0.1) is 12.6 Å². The van der Waals surface area contributed by atoms with E-state index < -0.39 is 5.76 Å². The van der Waals surface area contributed by atoms with Gasteiger partial charge in [-0.25, -0.2) is 9.59 Å². The van der Waals surface area contributed by atoms with Gasteiger partial charge in [0.2, 0.25) is 0 Å². The Morgan fingerprint density at radius 1 is 1.25 bits per heavy atom. The second-order valence-electron chi connectivity index (χ2n) is 5.17. The Kier molecular flexibility index (Phi) is 4.51. The molecule has 0 aliphatic heterocycles. The maximum Gasteiger partial charge on any atom is 0.417 e. The quantitative estimate of drug-likeness (QED) is 0.671. The number of hydrogen-bond acceptors (Lipinski definition) is 4. The smallest absolute Gasteiger partial charge is 0.417 e. The van der Waals surface area contributed by atoms with Gasteiger partial charge < -0.3 is 19.8 Å². The van der Waals surface area contributed by atoms with Gasteiger partial charge in [0.25, 0.3) is 0 Å². The Bertz CT molecular complexity index is 913. The van der Waals surface area contributed by atoms with Crippen molar-refractivity contribution in [3.05, 3.63) is 58.6 Å². The minimum absolute atomic E-state index is 0.324. The average molecular weight is 327 g/mol. The van der Waals surface area contributed by atoms with Crippen molar-refractivity contribution in [2.45, 2.75) is 6.42 Å². The first kappa shape index (κ1) is 15.7. The molecule has 124 valence electrons. The van der Waals surface area contributed by atoms with E-state index in [4.69, 9.17) is 9.15 Å². The van der Waals surface area contributed by atoms with Crippen LogP contribution in [0.5, 0.6) is 5.75 Å². The number of aromatic nitrogens is 1. The van der Waals surface area contributed by atoms with E-state index in [1.54, 1.807) is 25.3 Å². The number of carbonyl (C=O) groups is 1. The molecule has 2 amide bonds. The fourth-order valence-corrected chi connectivity index (χ4v) is 2.43. The van der Waals surface area contributed by atoms with Gasteiger partial charge in [0.15, 0.2) is 5.58 Å². The third kappa shape index (κ3) is 3.57. The van der Waals surface area contributed by atoms with E-state index in [1.165, 1.54) is 0 Å². The van der Waals surface area contributed by atoms with E-state index in [1.807, 2.05) is 24.3 Å². The maximum atomic E-state index is 11.9.